The maximum absolute atomic E-state index is 14.0. The molecule has 0 bridgehead atoms. The van der Waals surface area contributed by atoms with Gasteiger partial charge in [0.25, 0.3) is 0 Å². The van der Waals surface area contributed by atoms with Crippen LogP contribution >= 0.6 is 7.26 Å². The Labute approximate surface area is 207 Å². The summed E-state index contributed by atoms with van der Waals surface area (Å²) in [5.41, 5.74) is -2.32. The van der Waals surface area contributed by atoms with Crippen LogP contribution in [0.25, 0.3) is 0 Å². The van der Waals surface area contributed by atoms with Crippen molar-refractivity contribution in [2.75, 3.05) is 6.61 Å². The van der Waals surface area contributed by atoms with E-state index in [1.807, 2.05) is 91.0 Å². The molecular weight excluding hydrogens is 459 g/mol. The van der Waals surface area contributed by atoms with Crippen LogP contribution in [0, 0.1) is 5.41 Å². The lowest BCUT2D eigenvalue weighted by Gasteiger charge is -2.33. The van der Waals surface area contributed by atoms with Gasteiger partial charge in [0.05, 0.1) is 6.61 Å². The fourth-order valence-corrected chi connectivity index (χ4v) is 8.95. The quantitative estimate of drug-likeness (QED) is 0.234. The number of esters is 1. The molecule has 0 aliphatic rings. The highest BCUT2D eigenvalue weighted by atomic mass is 31.2. The molecule has 3 aromatic rings. The van der Waals surface area contributed by atoms with E-state index in [0.29, 0.717) is 0 Å². The highest BCUT2D eigenvalue weighted by Gasteiger charge is 2.59. The summed E-state index contributed by atoms with van der Waals surface area (Å²) in [4.78, 5) is 39.3. The minimum Gasteiger partial charge on any atom is -0.550 e. The van der Waals surface area contributed by atoms with Crippen LogP contribution in [0.5, 0.6) is 0 Å². The summed E-state index contributed by atoms with van der Waals surface area (Å²) in [6.07, 6.45) is -0.0266. The summed E-state index contributed by atoms with van der Waals surface area (Å²) in [6.45, 7) is 4.91. The number of rotatable bonds is 11. The van der Waals surface area contributed by atoms with E-state index >= 15 is 0 Å². The SMILES string of the molecule is CCOC(=O)C(C(=O)CCC(C)(C)C(=O)[O-])[P+](c1ccccc1)(c1ccccc1)c1ccccc1. The number of carboxylic acids is 1. The molecule has 3 rings (SSSR count). The van der Waals surface area contributed by atoms with E-state index in [1.54, 1.807) is 6.92 Å². The Morgan fingerprint density at radius 3 is 1.54 bits per heavy atom. The smallest absolute Gasteiger partial charge is 0.356 e. The zero-order chi connectivity index (χ0) is 25.5. The van der Waals surface area contributed by atoms with Crippen molar-refractivity contribution >= 4 is 40.9 Å². The normalized spacial score (nSPS) is 12.5. The van der Waals surface area contributed by atoms with Crippen molar-refractivity contribution in [2.45, 2.75) is 39.3 Å². The average Bonchev–Trinajstić information content (AvgIpc) is 2.87. The molecule has 1 unspecified atom stereocenters. The van der Waals surface area contributed by atoms with Crippen LogP contribution in [-0.2, 0) is 19.1 Å². The molecule has 0 heterocycles. The zero-order valence-corrected chi connectivity index (χ0v) is 21.2. The molecule has 35 heavy (non-hydrogen) atoms. The van der Waals surface area contributed by atoms with Crippen LogP contribution < -0.4 is 21.0 Å². The number of hydrogen-bond acceptors (Lipinski definition) is 5. The van der Waals surface area contributed by atoms with Crippen molar-refractivity contribution in [2.24, 2.45) is 5.41 Å². The van der Waals surface area contributed by atoms with Gasteiger partial charge in [-0.15, -0.1) is 0 Å². The lowest BCUT2D eigenvalue weighted by atomic mass is 9.87. The molecular formula is C29H31O5P. The maximum Gasteiger partial charge on any atom is 0.356 e. The van der Waals surface area contributed by atoms with E-state index < -0.39 is 30.3 Å². The number of carboxylic acid groups (broad SMARTS) is 1. The van der Waals surface area contributed by atoms with Gasteiger partial charge in [0.2, 0.25) is 5.66 Å². The Bertz CT molecular complexity index is 1050. The number of ether oxygens (including phenoxy) is 1. The van der Waals surface area contributed by atoms with E-state index in [4.69, 9.17) is 4.74 Å². The first-order valence-corrected chi connectivity index (χ1v) is 13.6. The summed E-state index contributed by atoms with van der Waals surface area (Å²) >= 11 is 0. The van der Waals surface area contributed by atoms with Gasteiger partial charge < -0.3 is 14.6 Å². The van der Waals surface area contributed by atoms with Gasteiger partial charge in [-0.05, 0) is 49.7 Å². The molecule has 5 nitrogen and oxygen atoms in total. The molecule has 1 atom stereocenters. The fraction of sp³-hybridized carbons (Fsp3) is 0.276. The molecule has 0 spiro atoms. The number of Topliss-reactive ketones (excluding diaryl/α,β-unsaturated/α-hetero) is 1. The second kappa shape index (κ2) is 11.4. The van der Waals surface area contributed by atoms with Gasteiger partial charge in [-0.3, -0.25) is 4.79 Å². The number of aliphatic carboxylic acids is 1. The minimum atomic E-state index is -2.90. The number of ketones is 1. The van der Waals surface area contributed by atoms with Crippen molar-refractivity contribution in [3.05, 3.63) is 91.0 Å². The molecule has 0 aromatic heterocycles. The molecule has 0 aliphatic carbocycles. The predicted octanol–water partition coefficient (Wildman–Crippen LogP) is 3.04. The third kappa shape index (κ3) is 5.52. The van der Waals surface area contributed by atoms with Gasteiger partial charge in [0, 0.05) is 17.8 Å². The summed E-state index contributed by atoms with van der Waals surface area (Å²) in [5.74, 6) is -2.15. The highest BCUT2D eigenvalue weighted by Crippen LogP contribution is 2.60. The van der Waals surface area contributed by atoms with Gasteiger partial charge in [-0.1, -0.05) is 68.4 Å². The standard InChI is InChI=1S/C29H31O5P/c1-4-34-27(31)26(25(30)20-21-29(2,3)28(32)33)35(22-14-8-5-9-15-22,23-16-10-6-11-17-23)24-18-12-7-13-19-24/h5-19,26H,4,20-21H2,1-3H3. The highest BCUT2D eigenvalue weighted by molar-refractivity contribution is 7.97. The molecule has 3 aromatic carbocycles. The van der Waals surface area contributed by atoms with Crippen LogP contribution in [0.4, 0.5) is 0 Å². The summed E-state index contributed by atoms with van der Waals surface area (Å²) in [7, 11) is -2.90. The molecule has 0 saturated heterocycles. The molecule has 0 N–H and O–H groups in total. The molecule has 0 radical (unpaired) electrons. The monoisotopic (exact) mass is 490 g/mol. The summed E-state index contributed by atoms with van der Waals surface area (Å²) < 4.78 is 5.51. The van der Waals surface area contributed by atoms with Crippen LogP contribution in [0.3, 0.4) is 0 Å². The van der Waals surface area contributed by atoms with E-state index in [9.17, 15) is 19.5 Å². The molecule has 6 heteroatoms. The number of benzene rings is 3. The Morgan fingerprint density at radius 1 is 0.800 bits per heavy atom. The zero-order valence-electron chi connectivity index (χ0n) is 20.3. The molecule has 0 fully saturated rings. The van der Waals surface area contributed by atoms with Crippen molar-refractivity contribution < 1.29 is 24.2 Å². The first-order chi connectivity index (χ1) is 16.7. The first kappa shape index (κ1) is 26.3. The fourth-order valence-electron chi connectivity index (χ4n) is 4.29. The lowest BCUT2D eigenvalue weighted by molar-refractivity contribution is -0.317. The number of hydrogen-bond donors (Lipinski definition) is 0. The Hall–Kier alpha value is -3.30. The van der Waals surface area contributed by atoms with E-state index in [2.05, 4.69) is 0 Å². The third-order valence-electron chi connectivity index (χ3n) is 6.24. The Kier molecular flexibility index (Phi) is 8.58. The van der Waals surface area contributed by atoms with Crippen molar-refractivity contribution in [1.82, 2.24) is 0 Å². The van der Waals surface area contributed by atoms with Crippen LogP contribution in [0.1, 0.15) is 33.6 Å². The van der Waals surface area contributed by atoms with Gasteiger partial charge in [-0.25, -0.2) is 4.79 Å². The van der Waals surface area contributed by atoms with Gasteiger partial charge >= 0.3 is 5.97 Å². The van der Waals surface area contributed by atoms with Crippen molar-refractivity contribution in [3.63, 3.8) is 0 Å². The Balaban J connectivity index is 2.31. The topological polar surface area (TPSA) is 83.5 Å². The van der Waals surface area contributed by atoms with E-state index in [0.717, 1.165) is 15.9 Å². The van der Waals surface area contributed by atoms with Crippen molar-refractivity contribution in [1.29, 1.82) is 0 Å². The third-order valence-corrected chi connectivity index (χ3v) is 10.9. The molecule has 182 valence electrons. The van der Waals surface area contributed by atoms with Crippen LogP contribution in [0.15, 0.2) is 91.0 Å². The van der Waals surface area contributed by atoms with E-state index in [1.165, 1.54) is 13.8 Å². The maximum atomic E-state index is 14.0. The summed E-state index contributed by atoms with van der Waals surface area (Å²) in [6, 6.07) is 28.9. The van der Waals surface area contributed by atoms with Gasteiger partial charge in [-0.2, -0.15) is 0 Å². The number of carbonyl (C=O) groups is 3. The molecule has 0 saturated carbocycles. The largest absolute Gasteiger partial charge is 0.550 e. The van der Waals surface area contributed by atoms with Crippen LogP contribution in [0.2, 0.25) is 0 Å². The van der Waals surface area contributed by atoms with E-state index in [-0.39, 0.29) is 25.2 Å². The van der Waals surface area contributed by atoms with Crippen LogP contribution in [-0.4, -0.2) is 30.0 Å². The minimum absolute atomic E-state index is 0.0580. The predicted molar refractivity (Wildman–Crippen MR) is 139 cm³/mol. The summed E-state index contributed by atoms with van der Waals surface area (Å²) in [5, 5.41) is 14.2. The second-order valence-corrected chi connectivity index (χ2v) is 12.5. The molecule has 0 amide bonds. The second-order valence-electron chi connectivity index (χ2n) is 9.02. The lowest BCUT2D eigenvalue weighted by Crippen LogP contribution is -2.47. The van der Waals surface area contributed by atoms with Gasteiger partial charge in [0.1, 0.15) is 23.2 Å². The average molecular weight is 491 g/mol. The van der Waals surface area contributed by atoms with Gasteiger partial charge in [0.15, 0.2) is 5.78 Å². The molecule has 0 aliphatic heterocycles. The van der Waals surface area contributed by atoms with Crippen molar-refractivity contribution in [3.8, 4) is 0 Å². The first-order valence-electron chi connectivity index (χ1n) is 11.7. The number of carbonyl (C=O) groups excluding carboxylic acids is 3. The Morgan fingerprint density at radius 2 is 1.20 bits per heavy atom.